The van der Waals surface area contributed by atoms with Gasteiger partial charge in [0.2, 0.25) is 0 Å². The van der Waals surface area contributed by atoms with E-state index in [4.69, 9.17) is 9.84 Å². The van der Waals surface area contributed by atoms with Gasteiger partial charge in [-0.05, 0) is 44.7 Å². The molecule has 1 aliphatic rings. The molecule has 1 fully saturated rings. The molecule has 4 heterocycles. The Labute approximate surface area is 192 Å². The Morgan fingerprint density at radius 3 is 2.79 bits per heavy atom. The molecule has 0 amide bonds. The van der Waals surface area contributed by atoms with E-state index in [9.17, 15) is 5.26 Å². The number of nitrogens with one attached hydrogen (secondary N) is 1. The number of nitrogens with zero attached hydrogens (tertiary/aromatic N) is 7. The van der Waals surface area contributed by atoms with Crippen molar-refractivity contribution in [1.82, 2.24) is 29.5 Å². The number of aryl methyl sites for hydroxylation is 1. The lowest BCUT2D eigenvalue weighted by molar-refractivity contribution is 0.130. The fraction of sp³-hybridized carbons (Fsp3) is 0.375. The first-order chi connectivity index (χ1) is 16.2. The molecular weight excluding hydrogens is 416 g/mol. The number of anilines is 1. The topological polar surface area (TPSA) is 106 Å². The summed E-state index contributed by atoms with van der Waals surface area (Å²) in [6.07, 6.45) is 11.1. The van der Waals surface area contributed by atoms with Crippen molar-refractivity contribution < 1.29 is 4.74 Å². The summed E-state index contributed by atoms with van der Waals surface area (Å²) in [6, 6.07) is 8.07. The van der Waals surface area contributed by atoms with E-state index in [2.05, 4.69) is 44.1 Å². The minimum Gasteiger partial charge on any atom is -0.487 e. The average molecular weight is 443 g/mol. The fourth-order valence-corrected chi connectivity index (χ4v) is 4.50. The number of fused-ring (bicyclic) bond motifs is 1. The molecule has 0 aromatic carbocycles. The second-order valence-corrected chi connectivity index (χ2v) is 8.32. The third-order valence-corrected chi connectivity index (χ3v) is 6.09. The summed E-state index contributed by atoms with van der Waals surface area (Å²) in [5, 5.41) is 23.0. The molecule has 0 spiro atoms. The van der Waals surface area contributed by atoms with E-state index in [1.54, 1.807) is 16.9 Å². The Bertz CT molecular complexity index is 1310. The van der Waals surface area contributed by atoms with Gasteiger partial charge in [0.05, 0.1) is 23.9 Å². The zero-order valence-corrected chi connectivity index (χ0v) is 18.8. The second kappa shape index (κ2) is 8.90. The number of hydrogen-bond donors (Lipinski definition) is 1. The standard InChI is InChI=1S/C24H26N8O/c1-3-26-23-11-21-19(14-28-23)24(16-13-29-31(2)15-16)30-32(21)17-6-8-18(9-7-17)33-22-5-4-10-27-20(22)12-25/h4-5,10-11,13-15,17-18H,3,6-9H2,1-2H3,(H,26,28). The van der Waals surface area contributed by atoms with Crippen molar-refractivity contribution in [3.05, 3.63) is 48.7 Å². The molecule has 4 aromatic heterocycles. The highest BCUT2D eigenvalue weighted by molar-refractivity contribution is 5.93. The molecule has 4 aromatic rings. The van der Waals surface area contributed by atoms with Crippen LogP contribution in [0.1, 0.15) is 44.3 Å². The van der Waals surface area contributed by atoms with Crippen LogP contribution in [-0.2, 0) is 7.05 Å². The van der Waals surface area contributed by atoms with Gasteiger partial charge in [-0.1, -0.05) is 0 Å². The number of aromatic nitrogens is 6. The first kappa shape index (κ1) is 20.9. The van der Waals surface area contributed by atoms with Gasteiger partial charge in [-0.25, -0.2) is 9.97 Å². The largest absolute Gasteiger partial charge is 0.487 e. The Kier molecular flexibility index (Phi) is 5.65. The zero-order valence-electron chi connectivity index (χ0n) is 18.8. The quantitative estimate of drug-likeness (QED) is 0.479. The van der Waals surface area contributed by atoms with Crippen LogP contribution in [0.25, 0.3) is 22.2 Å². The lowest BCUT2D eigenvalue weighted by Crippen LogP contribution is -2.26. The molecule has 0 aliphatic heterocycles. The summed E-state index contributed by atoms with van der Waals surface area (Å²) in [6.45, 7) is 2.87. The van der Waals surface area contributed by atoms with Crippen molar-refractivity contribution in [1.29, 1.82) is 5.26 Å². The van der Waals surface area contributed by atoms with E-state index < -0.39 is 0 Å². The summed E-state index contributed by atoms with van der Waals surface area (Å²) in [5.74, 6) is 1.41. The summed E-state index contributed by atoms with van der Waals surface area (Å²) >= 11 is 0. The van der Waals surface area contributed by atoms with Crippen molar-refractivity contribution in [2.75, 3.05) is 11.9 Å². The Morgan fingerprint density at radius 1 is 1.21 bits per heavy atom. The molecule has 1 saturated carbocycles. The number of rotatable bonds is 6. The van der Waals surface area contributed by atoms with E-state index >= 15 is 0 Å². The maximum Gasteiger partial charge on any atom is 0.182 e. The number of ether oxygens (including phenoxy) is 1. The van der Waals surface area contributed by atoms with E-state index in [1.807, 2.05) is 31.7 Å². The van der Waals surface area contributed by atoms with Crippen LogP contribution in [-0.4, -0.2) is 42.2 Å². The van der Waals surface area contributed by atoms with Gasteiger partial charge in [-0.3, -0.25) is 9.36 Å². The fourth-order valence-electron chi connectivity index (χ4n) is 4.50. The summed E-state index contributed by atoms with van der Waals surface area (Å²) in [4.78, 5) is 8.68. The lowest BCUT2D eigenvalue weighted by Gasteiger charge is -2.29. The van der Waals surface area contributed by atoms with Gasteiger partial charge < -0.3 is 10.1 Å². The molecule has 9 nitrogen and oxygen atoms in total. The van der Waals surface area contributed by atoms with Gasteiger partial charge in [0.1, 0.15) is 17.6 Å². The highest BCUT2D eigenvalue weighted by Crippen LogP contribution is 2.36. The highest BCUT2D eigenvalue weighted by atomic mass is 16.5. The normalized spacial score (nSPS) is 18.2. The molecule has 0 unspecified atom stereocenters. The monoisotopic (exact) mass is 442 g/mol. The van der Waals surface area contributed by atoms with Crippen molar-refractivity contribution >= 4 is 16.7 Å². The smallest absolute Gasteiger partial charge is 0.182 e. The predicted molar refractivity (Wildman–Crippen MR) is 125 cm³/mol. The molecule has 1 N–H and O–H groups in total. The molecule has 0 saturated heterocycles. The van der Waals surface area contributed by atoms with Crippen LogP contribution in [0.2, 0.25) is 0 Å². The van der Waals surface area contributed by atoms with Crippen LogP contribution in [0.4, 0.5) is 5.82 Å². The molecule has 33 heavy (non-hydrogen) atoms. The summed E-state index contributed by atoms with van der Waals surface area (Å²) in [7, 11) is 1.91. The van der Waals surface area contributed by atoms with Crippen LogP contribution in [0.3, 0.4) is 0 Å². The van der Waals surface area contributed by atoms with Gasteiger partial charge in [0.25, 0.3) is 0 Å². The van der Waals surface area contributed by atoms with Crippen LogP contribution in [0.15, 0.2) is 43.0 Å². The minimum absolute atomic E-state index is 0.0659. The lowest BCUT2D eigenvalue weighted by atomic mass is 9.93. The number of nitriles is 1. The van der Waals surface area contributed by atoms with Crippen LogP contribution in [0, 0.1) is 11.3 Å². The zero-order chi connectivity index (χ0) is 22.8. The average Bonchev–Trinajstić information content (AvgIpc) is 3.43. The first-order valence-electron chi connectivity index (χ1n) is 11.3. The molecule has 0 radical (unpaired) electrons. The number of hydrogen-bond acceptors (Lipinski definition) is 7. The van der Waals surface area contributed by atoms with Gasteiger partial charge in [-0.2, -0.15) is 15.5 Å². The van der Waals surface area contributed by atoms with Gasteiger partial charge in [0.15, 0.2) is 11.4 Å². The number of pyridine rings is 2. The van der Waals surface area contributed by atoms with Crippen LogP contribution in [0.5, 0.6) is 5.75 Å². The van der Waals surface area contributed by atoms with Crippen molar-refractivity contribution in [2.24, 2.45) is 7.05 Å². The van der Waals surface area contributed by atoms with Gasteiger partial charge in [0, 0.05) is 49.2 Å². The molecule has 9 heteroatoms. The first-order valence-corrected chi connectivity index (χ1v) is 11.3. The minimum atomic E-state index is 0.0659. The molecular formula is C24H26N8O. The molecule has 0 bridgehead atoms. The van der Waals surface area contributed by atoms with Crippen LogP contribution >= 0.6 is 0 Å². The third-order valence-electron chi connectivity index (χ3n) is 6.09. The third kappa shape index (κ3) is 4.12. The maximum absolute atomic E-state index is 9.28. The van der Waals surface area contributed by atoms with Crippen molar-refractivity contribution in [3.8, 4) is 23.1 Å². The van der Waals surface area contributed by atoms with E-state index in [1.165, 1.54) is 0 Å². The molecule has 0 atom stereocenters. The van der Waals surface area contributed by atoms with Gasteiger partial charge in [-0.15, -0.1) is 0 Å². The van der Waals surface area contributed by atoms with Crippen molar-refractivity contribution in [2.45, 2.75) is 44.8 Å². The van der Waals surface area contributed by atoms with Crippen molar-refractivity contribution in [3.63, 3.8) is 0 Å². The molecule has 5 rings (SSSR count). The summed E-state index contributed by atoms with van der Waals surface area (Å²) in [5.41, 5.74) is 3.29. The van der Waals surface area contributed by atoms with Gasteiger partial charge >= 0.3 is 0 Å². The van der Waals surface area contributed by atoms with E-state index in [-0.39, 0.29) is 12.1 Å². The Hall–Kier alpha value is -3.93. The van der Waals surface area contributed by atoms with E-state index in [0.717, 1.165) is 60.2 Å². The maximum atomic E-state index is 9.28. The SMILES string of the molecule is CCNc1cc2c(cn1)c(-c1cnn(C)c1)nn2C1CCC(Oc2cccnc2C#N)CC1. The summed E-state index contributed by atoms with van der Waals surface area (Å²) < 4.78 is 10.1. The van der Waals surface area contributed by atoms with E-state index in [0.29, 0.717) is 11.4 Å². The predicted octanol–water partition coefficient (Wildman–Crippen LogP) is 4.09. The highest BCUT2D eigenvalue weighted by Gasteiger charge is 2.27. The Morgan fingerprint density at radius 2 is 2.06 bits per heavy atom. The Balaban J connectivity index is 1.41. The van der Waals surface area contributed by atoms with Crippen LogP contribution < -0.4 is 10.1 Å². The molecule has 1 aliphatic carbocycles. The second-order valence-electron chi connectivity index (χ2n) is 8.32. The molecule has 168 valence electrons.